The van der Waals surface area contributed by atoms with Gasteiger partial charge in [-0.3, -0.25) is 14.2 Å². The van der Waals surface area contributed by atoms with E-state index in [1.54, 1.807) is 22.4 Å². The number of thioether (sulfide) groups is 1. The maximum Gasteiger partial charge on any atom is 0.254 e. The molecule has 0 spiro atoms. The topological polar surface area (TPSA) is 64.4 Å². The molecule has 1 saturated heterocycles. The number of aromatic nitrogens is 2. The lowest BCUT2D eigenvalue weighted by Crippen LogP contribution is -2.42. The van der Waals surface area contributed by atoms with Crippen LogP contribution in [0.1, 0.15) is 38.9 Å². The smallest absolute Gasteiger partial charge is 0.254 e. The number of carbonyl (C=O) groups is 1. The second kappa shape index (κ2) is 6.28. The highest BCUT2D eigenvalue weighted by molar-refractivity contribution is 7.99. The molecule has 2 aliphatic heterocycles. The summed E-state index contributed by atoms with van der Waals surface area (Å²) >= 11 is 1.57. The minimum absolute atomic E-state index is 0.0512. The number of ether oxygens (including phenoxy) is 1. The van der Waals surface area contributed by atoms with Crippen molar-refractivity contribution in [1.82, 2.24) is 14.5 Å². The third kappa shape index (κ3) is 3.45. The minimum Gasteiger partial charge on any atom is -0.378 e. The fourth-order valence-corrected chi connectivity index (χ4v) is 3.98. The summed E-state index contributed by atoms with van der Waals surface area (Å²) in [6.45, 7) is 8.61. The van der Waals surface area contributed by atoms with Crippen LogP contribution in [0.5, 0.6) is 0 Å². The first kappa shape index (κ1) is 16.5. The van der Waals surface area contributed by atoms with Crippen molar-refractivity contribution in [3.05, 3.63) is 22.1 Å². The van der Waals surface area contributed by atoms with Crippen LogP contribution >= 0.6 is 11.8 Å². The summed E-state index contributed by atoms with van der Waals surface area (Å²) in [6.07, 6.45) is 0.358. The van der Waals surface area contributed by atoms with Gasteiger partial charge in [0, 0.05) is 36.7 Å². The third-order valence-corrected chi connectivity index (χ3v) is 5.33. The lowest BCUT2D eigenvalue weighted by atomic mass is 9.92. The maximum absolute atomic E-state index is 12.5. The number of rotatable bonds is 2. The van der Waals surface area contributed by atoms with Crippen molar-refractivity contribution in [2.75, 3.05) is 32.1 Å². The summed E-state index contributed by atoms with van der Waals surface area (Å²) < 4.78 is 6.97. The molecule has 1 aromatic heterocycles. The molecular weight excluding hydrogens is 314 g/mol. The average molecular weight is 337 g/mol. The zero-order valence-electron chi connectivity index (χ0n) is 13.9. The van der Waals surface area contributed by atoms with E-state index >= 15 is 0 Å². The van der Waals surface area contributed by atoms with E-state index in [4.69, 9.17) is 4.74 Å². The predicted octanol–water partition coefficient (Wildman–Crippen LogP) is 1.44. The molecule has 1 amide bonds. The van der Waals surface area contributed by atoms with Gasteiger partial charge in [-0.15, -0.1) is 0 Å². The molecule has 3 heterocycles. The van der Waals surface area contributed by atoms with Crippen LogP contribution in [0.2, 0.25) is 0 Å². The van der Waals surface area contributed by atoms with Crippen molar-refractivity contribution in [1.29, 1.82) is 0 Å². The van der Waals surface area contributed by atoms with Crippen LogP contribution in [0, 0.1) is 0 Å². The number of nitrogens with zero attached hydrogens (tertiary/aromatic N) is 3. The minimum atomic E-state index is -0.156. The molecule has 7 heteroatoms. The van der Waals surface area contributed by atoms with Crippen molar-refractivity contribution in [3.63, 3.8) is 0 Å². The van der Waals surface area contributed by atoms with Crippen LogP contribution in [0.4, 0.5) is 0 Å². The van der Waals surface area contributed by atoms with Gasteiger partial charge in [0.2, 0.25) is 5.91 Å². The number of morpholine rings is 1. The van der Waals surface area contributed by atoms with Gasteiger partial charge in [0.15, 0.2) is 5.16 Å². The van der Waals surface area contributed by atoms with E-state index in [9.17, 15) is 9.59 Å². The normalized spacial score (nSPS) is 21.3. The fourth-order valence-electron chi connectivity index (χ4n) is 2.83. The molecule has 0 bridgehead atoms. The molecule has 1 unspecified atom stereocenters. The van der Waals surface area contributed by atoms with Gasteiger partial charge in [-0.25, -0.2) is 4.98 Å². The number of carbonyl (C=O) groups excluding carboxylic acids is 1. The highest BCUT2D eigenvalue weighted by Crippen LogP contribution is 2.33. The molecule has 6 nitrogen and oxygen atoms in total. The van der Waals surface area contributed by atoms with Crippen LogP contribution in [0.25, 0.3) is 0 Å². The van der Waals surface area contributed by atoms with E-state index in [0.717, 1.165) is 16.6 Å². The van der Waals surface area contributed by atoms with Crippen LogP contribution in [0.15, 0.2) is 16.0 Å². The summed E-state index contributed by atoms with van der Waals surface area (Å²) in [5, 5.41) is 0.738. The van der Waals surface area contributed by atoms with Gasteiger partial charge >= 0.3 is 0 Å². The average Bonchev–Trinajstić information content (AvgIpc) is 2.91. The Balaban J connectivity index is 1.79. The lowest BCUT2D eigenvalue weighted by Gasteiger charge is -2.28. The molecule has 23 heavy (non-hydrogen) atoms. The predicted molar refractivity (Wildman–Crippen MR) is 89.0 cm³/mol. The Labute approximate surface area is 140 Å². The summed E-state index contributed by atoms with van der Waals surface area (Å²) in [6, 6.07) is 1.51. The van der Waals surface area contributed by atoms with E-state index in [1.165, 1.54) is 0 Å². The molecule has 0 aliphatic carbocycles. The van der Waals surface area contributed by atoms with Gasteiger partial charge < -0.3 is 9.64 Å². The largest absolute Gasteiger partial charge is 0.378 e. The number of amides is 1. The monoisotopic (exact) mass is 337 g/mol. The third-order valence-electron chi connectivity index (χ3n) is 4.23. The van der Waals surface area contributed by atoms with E-state index in [-0.39, 0.29) is 22.9 Å². The van der Waals surface area contributed by atoms with E-state index in [0.29, 0.717) is 32.7 Å². The molecular formula is C16H23N3O3S. The zero-order chi connectivity index (χ0) is 16.6. The molecule has 1 fully saturated rings. The first-order valence-corrected chi connectivity index (χ1v) is 8.97. The summed E-state index contributed by atoms with van der Waals surface area (Å²) in [5.74, 6) is 0.824. The summed E-state index contributed by atoms with van der Waals surface area (Å²) in [4.78, 5) is 31.4. The van der Waals surface area contributed by atoms with Crippen molar-refractivity contribution in [3.8, 4) is 0 Å². The lowest BCUT2D eigenvalue weighted by molar-refractivity contribution is -0.136. The SMILES string of the molecule is CC(C)(C)c1cc(=O)n2c(n1)SCC2CC(=O)N1CCOCC1. The number of hydrogen-bond donors (Lipinski definition) is 0. The highest BCUT2D eigenvalue weighted by Gasteiger charge is 2.31. The molecule has 0 saturated carbocycles. The van der Waals surface area contributed by atoms with E-state index in [1.807, 2.05) is 25.7 Å². The van der Waals surface area contributed by atoms with Gasteiger partial charge in [-0.05, 0) is 0 Å². The zero-order valence-corrected chi connectivity index (χ0v) is 14.7. The standard InChI is InChI=1S/C16H23N3O3S/c1-16(2,3)12-9-14(21)19-11(10-23-15(19)17-12)8-13(20)18-4-6-22-7-5-18/h9,11H,4-8,10H2,1-3H3. The Morgan fingerprint density at radius 3 is 2.74 bits per heavy atom. The molecule has 2 aliphatic rings. The Morgan fingerprint density at radius 2 is 2.09 bits per heavy atom. The molecule has 0 aromatic carbocycles. The van der Waals surface area contributed by atoms with Gasteiger partial charge in [0.25, 0.3) is 5.56 Å². The first-order valence-electron chi connectivity index (χ1n) is 7.98. The maximum atomic E-state index is 12.5. The van der Waals surface area contributed by atoms with Crippen molar-refractivity contribution >= 4 is 17.7 Å². The van der Waals surface area contributed by atoms with Gasteiger partial charge in [0.05, 0.1) is 24.9 Å². The van der Waals surface area contributed by atoms with Crippen molar-refractivity contribution in [2.45, 2.75) is 43.8 Å². The van der Waals surface area contributed by atoms with Crippen LogP contribution < -0.4 is 5.56 Å². The number of hydrogen-bond acceptors (Lipinski definition) is 5. The van der Waals surface area contributed by atoms with E-state index in [2.05, 4.69) is 4.98 Å². The molecule has 1 aromatic rings. The van der Waals surface area contributed by atoms with Crippen molar-refractivity contribution in [2.24, 2.45) is 0 Å². The quantitative estimate of drug-likeness (QED) is 0.764. The Morgan fingerprint density at radius 1 is 1.39 bits per heavy atom. The summed E-state index contributed by atoms with van der Waals surface area (Å²) in [5.41, 5.74) is 0.600. The molecule has 1 atom stereocenters. The Bertz CT molecular complexity index is 660. The van der Waals surface area contributed by atoms with Gasteiger partial charge in [0.1, 0.15) is 0 Å². The molecule has 126 valence electrons. The first-order chi connectivity index (χ1) is 10.9. The van der Waals surface area contributed by atoms with Crippen LogP contribution in [0.3, 0.4) is 0 Å². The second-order valence-corrected chi connectivity index (χ2v) is 8.03. The second-order valence-electron chi connectivity index (χ2n) is 7.04. The molecule has 0 radical (unpaired) electrons. The van der Waals surface area contributed by atoms with Gasteiger partial charge in [-0.2, -0.15) is 0 Å². The van der Waals surface area contributed by atoms with Crippen LogP contribution in [-0.2, 0) is 14.9 Å². The summed E-state index contributed by atoms with van der Waals surface area (Å²) in [7, 11) is 0. The Hall–Kier alpha value is -1.34. The van der Waals surface area contributed by atoms with Crippen LogP contribution in [-0.4, -0.2) is 52.4 Å². The number of fused-ring (bicyclic) bond motifs is 1. The molecule has 0 N–H and O–H groups in total. The van der Waals surface area contributed by atoms with Crippen molar-refractivity contribution < 1.29 is 9.53 Å². The Kier molecular flexibility index (Phi) is 4.51. The molecule has 3 rings (SSSR count). The fraction of sp³-hybridized carbons (Fsp3) is 0.688. The highest BCUT2D eigenvalue weighted by atomic mass is 32.2. The van der Waals surface area contributed by atoms with E-state index < -0.39 is 0 Å². The van der Waals surface area contributed by atoms with Gasteiger partial charge in [-0.1, -0.05) is 32.5 Å².